The van der Waals surface area contributed by atoms with Gasteiger partial charge in [0.05, 0.1) is 33.8 Å². The van der Waals surface area contributed by atoms with Gasteiger partial charge in [-0.1, -0.05) is 256 Å². The molecular formula is C63H120N2O7P+. The Morgan fingerprint density at radius 3 is 1.27 bits per heavy atom. The molecule has 2 N–H and O–H groups in total. The molecule has 0 saturated heterocycles. The molecule has 0 heterocycles. The number of phosphoric acid groups is 1. The summed E-state index contributed by atoms with van der Waals surface area (Å²) < 4.78 is 30.7. The molecule has 3 atom stereocenters. The Hall–Kier alpha value is -2.03. The van der Waals surface area contributed by atoms with Gasteiger partial charge in [-0.05, 0) is 70.3 Å². The molecular weight excluding hydrogens is 928 g/mol. The number of ether oxygens (including phenoxy) is 1. The first kappa shape index (κ1) is 71.0. The van der Waals surface area contributed by atoms with Crippen LogP contribution in [0, 0.1) is 0 Å². The smallest absolute Gasteiger partial charge is 0.456 e. The van der Waals surface area contributed by atoms with Crippen LogP contribution in [0.25, 0.3) is 0 Å². The van der Waals surface area contributed by atoms with Crippen LogP contribution in [0.1, 0.15) is 290 Å². The molecule has 0 rings (SSSR count). The van der Waals surface area contributed by atoms with Crippen LogP contribution < -0.4 is 5.32 Å². The van der Waals surface area contributed by atoms with Gasteiger partial charge in [-0.15, -0.1) is 0 Å². The van der Waals surface area contributed by atoms with E-state index in [9.17, 15) is 19.0 Å². The van der Waals surface area contributed by atoms with E-state index in [1.54, 1.807) is 0 Å². The van der Waals surface area contributed by atoms with E-state index in [-0.39, 0.29) is 31.5 Å². The highest BCUT2D eigenvalue weighted by atomic mass is 31.2. The summed E-state index contributed by atoms with van der Waals surface area (Å²) in [5.41, 5.74) is 0. The largest absolute Gasteiger partial charge is 0.472 e. The molecule has 0 aliphatic carbocycles. The van der Waals surface area contributed by atoms with E-state index in [0.717, 1.165) is 77.0 Å². The number of hydrogen-bond acceptors (Lipinski definition) is 6. The standard InChI is InChI=1S/C63H119N2O7P/c1-7-10-13-16-19-22-25-27-29-31-32-34-35-37-40-43-46-49-52-55-62(66)64-60(59-71-73(68,69)70-58-57-65(4,5)6)61(54-51-48-45-42-39-24-21-18-15-12-9-3)72-63(67)56-53-50-47-44-41-38-36-33-30-28-26-23-20-17-14-11-8-2/h20,23,28,30,36,38,51,54,60-61H,7-19,21-22,24-27,29,31-35,37,39-50,52-53,55-59H2,1-6H3,(H-,64,66,68,69)/p+1/b23-20-,30-28-,38-36-,54-51+. The van der Waals surface area contributed by atoms with E-state index in [2.05, 4.69) is 62.5 Å². The van der Waals surface area contributed by atoms with E-state index in [0.29, 0.717) is 23.9 Å². The zero-order chi connectivity index (χ0) is 53.6. The second-order valence-electron chi connectivity index (χ2n) is 22.2. The van der Waals surface area contributed by atoms with Crippen LogP contribution in [0.2, 0.25) is 0 Å². The van der Waals surface area contributed by atoms with Gasteiger partial charge in [0.15, 0.2) is 0 Å². The molecule has 0 spiro atoms. The number of esters is 1. The Balaban J connectivity index is 5.24. The Kier molecular flexibility index (Phi) is 51.9. The lowest BCUT2D eigenvalue weighted by Gasteiger charge is -2.27. The van der Waals surface area contributed by atoms with Crippen molar-refractivity contribution in [1.29, 1.82) is 0 Å². The maximum Gasteiger partial charge on any atom is 0.472 e. The minimum absolute atomic E-state index is 0.0375. The van der Waals surface area contributed by atoms with Gasteiger partial charge in [0.1, 0.15) is 19.3 Å². The summed E-state index contributed by atoms with van der Waals surface area (Å²) in [5, 5.41) is 3.05. The van der Waals surface area contributed by atoms with Crippen LogP contribution in [-0.2, 0) is 27.9 Å². The molecule has 0 aliphatic rings. The van der Waals surface area contributed by atoms with E-state index in [1.165, 1.54) is 173 Å². The highest BCUT2D eigenvalue weighted by molar-refractivity contribution is 7.47. The molecule has 73 heavy (non-hydrogen) atoms. The molecule has 0 saturated carbocycles. The third-order valence-electron chi connectivity index (χ3n) is 13.8. The number of quaternary nitrogens is 1. The van der Waals surface area contributed by atoms with Crippen molar-refractivity contribution < 1.29 is 37.3 Å². The first-order valence-corrected chi connectivity index (χ1v) is 32.5. The third-order valence-corrected chi connectivity index (χ3v) is 14.8. The highest BCUT2D eigenvalue weighted by Gasteiger charge is 2.30. The lowest BCUT2D eigenvalue weighted by molar-refractivity contribution is -0.870. The van der Waals surface area contributed by atoms with Crippen molar-refractivity contribution in [3.05, 3.63) is 48.6 Å². The SMILES string of the molecule is CCCCC/C=C\C/C=C\C/C=C\CCCCCCC(=O)OC(/C=C/CCCCCCCCCCC)C(COP(=O)(O)OCC[N+](C)(C)C)NC(=O)CCCCCCCCCCCCCCCCCCCCC. The average Bonchev–Trinajstić information content (AvgIpc) is 3.35. The van der Waals surface area contributed by atoms with Gasteiger partial charge >= 0.3 is 13.8 Å². The fourth-order valence-electron chi connectivity index (χ4n) is 8.95. The molecule has 428 valence electrons. The molecule has 0 radical (unpaired) electrons. The van der Waals surface area contributed by atoms with Gasteiger partial charge in [-0.3, -0.25) is 18.6 Å². The van der Waals surface area contributed by atoms with Crippen molar-refractivity contribution in [1.82, 2.24) is 5.32 Å². The summed E-state index contributed by atoms with van der Waals surface area (Å²) >= 11 is 0. The van der Waals surface area contributed by atoms with Crippen molar-refractivity contribution in [2.75, 3.05) is 40.9 Å². The Labute approximate surface area is 452 Å². The number of phosphoric ester groups is 1. The number of allylic oxidation sites excluding steroid dienone is 7. The maximum absolute atomic E-state index is 13.5. The van der Waals surface area contributed by atoms with Crippen LogP contribution in [0.5, 0.6) is 0 Å². The van der Waals surface area contributed by atoms with Crippen molar-refractivity contribution in [2.45, 2.75) is 303 Å². The summed E-state index contributed by atoms with van der Waals surface area (Å²) in [4.78, 5) is 37.7. The van der Waals surface area contributed by atoms with Crippen molar-refractivity contribution in [2.24, 2.45) is 0 Å². The topological polar surface area (TPSA) is 111 Å². The molecule has 0 aromatic carbocycles. The van der Waals surface area contributed by atoms with Crippen molar-refractivity contribution >= 4 is 19.7 Å². The molecule has 1 amide bonds. The predicted octanol–water partition coefficient (Wildman–Crippen LogP) is 18.9. The molecule has 9 nitrogen and oxygen atoms in total. The summed E-state index contributed by atoms with van der Waals surface area (Å²) in [7, 11) is 1.49. The fraction of sp³-hybridized carbons (Fsp3) is 0.841. The number of carbonyl (C=O) groups is 2. The summed E-state index contributed by atoms with van der Waals surface area (Å²) in [6, 6.07) is -0.854. The van der Waals surface area contributed by atoms with Crippen LogP contribution >= 0.6 is 7.82 Å². The quantitative estimate of drug-likeness (QED) is 0.0205. The number of rotatable bonds is 56. The van der Waals surface area contributed by atoms with E-state index < -0.39 is 20.0 Å². The fourth-order valence-corrected chi connectivity index (χ4v) is 9.68. The normalized spacial score (nSPS) is 14.0. The van der Waals surface area contributed by atoms with Crippen molar-refractivity contribution in [3.8, 4) is 0 Å². The predicted molar refractivity (Wildman–Crippen MR) is 314 cm³/mol. The van der Waals surface area contributed by atoms with Crippen LogP contribution in [0.15, 0.2) is 48.6 Å². The molecule has 0 fully saturated rings. The molecule has 0 aliphatic heterocycles. The Morgan fingerprint density at radius 2 is 0.836 bits per heavy atom. The van der Waals surface area contributed by atoms with E-state index in [4.69, 9.17) is 13.8 Å². The second kappa shape index (κ2) is 53.4. The minimum atomic E-state index is -4.45. The van der Waals surface area contributed by atoms with Crippen LogP contribution in [-0.4, -0.2) is 74.3 Å². The Bertz CT molecular complexity index is 1390. The lowest BCUT2D eigenvalue weighted by Crippen LogP contribution is -2.47. The number of nitrogens with zero attached hydrogens (tertiary/aromatic N) is 1. The van der Waals surface area contributed by atoms with Crippen LogP contribution in [0.4, 0.5) is 0 Å². The zero-order valence-electron chi connectivity index (χ0n) is 48.9. The molecule has 3 unspecified atom stereocenters. The summed E-state index contributed by atoms with van der Waals surface area (Å²) in [6.07, 6.45) is 65.3. The molecule has 0 aromatic rings. The first-order valence-electron chi connectivity index (χ1n) is 31.0. The number of nitrogens with one attached hydrogen (secondary N) is 1. The van der Waals surface area contributed by atoms with Gasteiger partial charge in [-0.2, -0.15) is 0 Å². The third kappa shape index (κ3) is 54.6. The van der Waals surface area contributed by atoms with E-state index in [1.807, 2.05) is 33.3 Å². The number of carbonyl (C=O) groups excluding carboxylic acids is 2. The van der Waals surface area contributed by atoms with Gasteiger partial charge in [0.25, 0.3) is 0 Å². The monoisotopic (exact) mass is 1050 g/mol. The first-order chi connectivity index (χ1) is 35.4. The minimum Gasteiger partial charge on any atom is -0.456 e. The lowest BCUT2D eigenvalue weighted by atomic mass is 10.0. The highest BCUT2D eigenvalue weighted by Crippen LogP contribution is 2.43. The van der Waals surface area contributed by atoms with Crippen LogP contribution in [0.3, 0.4) is 0 Å². The molecule has 0 aromatic heterocycles. The zero-order valence-corrected chi connectivity index (χ0v) is 49.8. The average molecular weight is 1050 g/mol. The number of hydrogen-bond donors (Lipinski definition) is 2. The van der Waals surface area contributed by atoms with Gasteiger partial charge in [0, 0.05) is 12.8 Å². The Morgan fingerprint density at radius 1 is 0.479 bits per heavy atom. The summed E-state index contributed by atoms with van der Waals surface area (Å²) in [5.74, 6) is -0.521. The number of unbranched alkanes of at least 4 members (excludes halogenated alkanes) is 34. The molecule has 10 heteroatoms. The van der Waals surface area contributed by atoms with Gasteiger partial charge in [0.2, 0.25) is 5.91 Å². The summed E-state index contributed by atoms with van der Waals surface area (Å²) in [6.45, 7) is 6.99. The molecule has 0 bridgehead atoms. The maximum atomic E-state index is 13.5. The van der Waals surface area contributed by atoms with Crippen molar-refractivity contribution in [3.63, 3.8) is 0 Å². The number of amides is 1. The second-order valence-corrected chi connectivity index (χ2v) is 23.7. The number of likely N-dealkylation sites (N-methyl/N-ethyl adjacent to an activating group) is 1. The van der Waals surface area contributed by atoms with Gasteiger partial charge in [-0.25, -0.2) is 4.57 Å². The van der Waals surface area contributed by atoms with Gasteiger partial charge < -0.3 is 19.4 Å². The van der Waals surface area contributed by atoms with E-state index >= 15 is 0 Å².